The van der Waals surface area contributed by atoms with Crippen molar-refractivity contribution < 1.29 is 4.74 Å². The molecule has 0 radical (unpaired) electrons. The van der Waals surface area contributed by atoms with Crippen LogP contribution in [0.4, 0.5) is 0 Å². The van der Waals surface area contributed by atoms with Crippen molar-refractivity contribution in [2.75, 3.05) is 13.7 Å². The molecule has 0 amide bonds. The van der Waals surface area contributed by atoms with Crippen molar-refractivity contribution in [2.24, 2.45) is 0 Å². The van der Waals surface area contributed by atoms with E-state index in [1.165, 1.54) is 11.1 Å². The van der Waals surface area contributed by atoms with E-state index in [-0.39, 0.29) is 0 Å². The summed E-state index contributed by atoms with van der Waals surface area (Å²) >= 11 is 0. The normalized spacial score (nSPS) is 10.1. The molecule has 0 saturated carbocycles. The van der Waals surface area contributed by atoms with Gasteiger partial charge in [0.2, 0.25) is 0 Å². The lowest BCUT2D eigenvalue weighted by atomic mass is 10.1. The van der Waals surface area contributed by atoms with Crippen molar-refractivity contribution in [3.63, 3.8) is 0 Å². The maximum atomic E-state index is 5.45. The van der Waals surface area contributed by atoms with Crippen molar-refractivity contribution in [3.8, 4) is 5.75 Å². The Labute approximate surface area is 79.9 Å². The molecular formula is C11H17NO. The molecule has 0 aliphatic carbocycles. The van der Waals surface area contributed by atoms with Crippen LogP contribution < -0.4 is 10.1 Å². The molecule has 2 heteroatoms. The van der Waals surface area contributed by atoms with Crippen molar-refractivity contribution in [2.45, 2.75) is 20.4 Å². The highest BCUT2D eigenvalue weighted by Gasteiger charge is 1.99. The van der Waals surface area contributed by atoms with E-state index < -0.39 is 0 Å². The summed E-state index contributed by atoms with van der Waals surface area (Å²) in [6.45, 7) is 5.71. The first-order valence-corrected chi connectivity index (χ1v) is 4.65. The Morgan fingerprint density at radius 3 is 2.69 bits per heavy atom. The highest BCUT2D eigenvalue weighted by atomic mass is 16.5. The van der Waals surface area contributed by atoms with Gasteiger partial charge >= 0.3 is 0 Å². The van der Waals surface area contributed by atoms with Gasteiger partial charge in [0.15, 0.2) is 0 Å². The van der Waals surface area contributed by atoms with E-state index >= 15 is 0 Å². The van der Waals surface area contributed by atoms with Crippen LogP contribution in [0.1, 0.15) is 18.1 Å². The fourth-order valence-corrected chi connectivity index (χ4v) is 1.34. The lowest BCUT2D eigenvalue weighted by Crippen LogP contribution is -2.05. The second-order valence-electron chi connectivity index (χ2n) is 3.06. The molecule has 13 heavy (non-hydrogen) atoms. The first-order valence-electron chi connectivity index (χ1n) is 4.65. The van der Waals surface area contributed by atoms with E-state index in [1.807, 2.05) is 20.0 Å². The summed E-state index contributed by atoms with van der Waals surface area (Å²) < 4.78 is 5.45. The number of hydrogen-bond acceptors (Lipinski definition) is 2. The van der Waals surface area contributed by atoms with Gasteiger partial charge in [-0.25, -0.2) is 0 Å². The van der Waals surface area contributed by atoms with E-state index in [1.54, 1.807) is 0 Å². The maximum absolute atomic E-state index is 5.45. The third-order valence-electron chi connectivity index (χ3n) is 1.92. The van der Waals surface area contributed by atoms with Gasteiger partial charge in [-0.3, -0.25) is 0 Å². The molecule has 0 aromatic heterocycles. The Kier molecular flexibility index (Phi) is 3.77. The van der Waals surface area contributed by atoms with Crippen molar-refractivity contribution in [1.29, 1.82) is 0 Å². The number of benzene rings is 1. The first kappa shape index (κ1) is 10.1. The highest BCUT2D eigenvalue weighted by Crippen LogP contribution is 2.18. The molecule has 1 rings (SSSR count). The summed E-state index contributed by atoms with van der Waals surface area (Å²) in [5.41, 5.74) is 2.50. The van der Waals surface area contributed by atoms with Crippen molar-refractivity contribution >= 4 is 0 Å². The molecule has 1 N–H and O–H groups in total. The Balaban J connectivity index is 2.79. The highest BCUT2D eigenvalue weighted by molar-refractivity contribution is 5.36. The van der Waals surface area contributed by atoms with E-state index in [2.05, 4.69) is 24.4 Å². The van der Waals surface area contributed by atoms with Crippen LogP contribution >= 0.6 is 0 Å². The third-order valence-corrected chi connectivity index (χ3v) is 1.92. The van der Waals surface area contributed by atoms with E-state index in [9.17, 15) is 0 Å². The van der Waals surface area contributed by atoms with Gasteiger partial charge in [0.25, 0.3) is 0 Å². The van der Waals surface area contributed by atoms with Crippen LogP contribution in [0.3, 0.4) is 0 Å². The topological polar surface area (TPSA) is 21.3 Å². The molecule has 0 saturated heterocycles. The van der Waals surface area contributed by atoms with Gasteiger partial charge in [-0.15, -0.1) is 0 Å². The maximum Gasteiger partial charge on any atom is 0.122 e. The zero-order valence-corrected chi connectivity index (χ0v) is 8.55. The minimum Gasteiger partial charge on any atom is -0.494 e. The van der Waals surface area contributed by atoms with Gasteiger partial charge in [-0.05, 0) is 38.1 Å². The van der Waals surface area contributed by atoms with Gasteiger partial charge in [0.1, 0.15) is 5.75 Å². The quantitative estimate of drug-likeness (QED) is 0.764. The second-order valence-corrected chi connectivity index (χ2v) is 3.06. The number of ether oxygens (including phenoxy) is 1. The van der Waals surface area contributed by atoms with Crippen LogP contribution in [0.15, 0.2) is 18.2 Å². The average molecular weight is 179 g/mol. The molecule has 0 unspecified atom stereocenters. The standard InChI is InChI=1S/C11H17NO/c1-4-13-11-6-5-10(8-12-3)7-9(11)2/h5-7,12H,4,8H2,1-3H3. The Hall–Kier alpha value is -1.02. The molecule has 0 bridgehead atoms. The average Bonchev–Trinajstić information content (AvgIpc) is 2.10. The molecule has 0 heterocycles. The summed E-state index contributed by atoms with van der Waals surface area (Å²) in [7, 11) is 1.95. The number of hydrogen-bond donors (Lipinski definition) is 1. The monoisotopic (exact) mass is 179 g/mol. The lowest BCUT2D eigenvalue weighted by molar-refractivity contribution is 0.338. The predicted octanol–water partition coefficient (Wildman–Crippen LogP) is 2.11. The van der Waals surface area contributed by atoms with E-state index in [4.69, 9.17) is 4.74 Å². The molecule has 0 spiro atoms. The first-order chi connectivity index (χ1) is 6.27. The fourth-order valence-electron chi connectivity index (χ4n) is 1.34. The Morgan fingerprint density at radius 2 is 2.15 bits per heavy atom. The van der Waals surface area contributed by atoms with Crippen LogP contribution in [-0.4, -0.2) is 13.7 Å². The van der Waals surface area contributed by atoms with Crippen LogP contribution in [0.2, 0.25) is 0 Å². The largest absolute Gasteiger partial charge is 0.494 e. The van der Waals surface area contributed by atoms with Crippen molar-refractivity contribution in [1.82, 2.24) is 5.32 Å². The SMILES string of the molecule is CCOc1ccc(CNC)cc1C. The number of aryl methyl sites for hydroxylation is 1. The molecule has 1 aromatic rings. The fraction of sp³-hybridized carbons (Fsp3) is 0.455. The molecule has 72 valence electrons. The number of nitrogens with one attached hydrogen (secondary N) is 1. The lowest BCUT2D eigenvalue weighted by Gasteiger charge is -2.08. The molecule has 2 nitrogen and oxygen atoms in total. The van der Waals surface area contributed by atoms with Crippen LogP contribution in [0, 0.1) is 6.92 Å². The smallest absolute Gasteiger partial charge is 0.122 e. The Bertz CT molecular complexity index is 271. The van der Waals surface area contributed by atoms with Gasteiger partial charge in [-0.1, -0.05) is 12.1 Å². The van der Waals surface area contributed by atoms with E-state index in [0.29, 0.717) is 0 Å². The molecule has 1 aromatic carbocycles. The van der Waals surface area contributed by atoms with Gasteiger partial charge in [0, 0.05) is 6.54 Å². The van der Waals surface area contributed by atoms with Crippen molar-refractivity contribution in [3.05, 3.63) is 29.3 Å². The minimum atomic E-state index is 0.728. The van der Waals surface area contributed by atoms with Crippen LogP contribution in [0.25, 0.3) is 0 Å². The summed E-state index contributed by atoms with van der Waals surface area (Å²) in [6, 6.07) is 6.28. The summed E-state index contributed by atoms with van der Waals surface area (Å²) in [5.74, 6) is 0.988. The van der Waals surface area contributed by atoms with Gasteiger partial charge in [0.05, 0.1) is 6.61 Å². The van der Waals surface area contributed by atoms with Crippen LogP contribution in [0.5, 0.6) is 5.75 Å². The molecule has 0 aliphatic rings. The van der Waals surface area contributed by atoms with Gasteiger partial charge < -0.3 is 10.1 Å². The molecular weight excluding hydrogens is 162 g/mol. The summed E-state index contributed by atoms with van der Waals surface area (Å²) in [6.07, 6.45) is 0. The molecule has 0 aliphatic heterocycles. The summed E-state index contributed by atoms with van der Waals surface area (Å²) in [5, 5.41) is 3.12. The predicted molar refractivity (Wildman–Crippen MR) is 55.1 cm³/mol. The zero-order chi connectivity index (χ0) is 9.68. The van der Waals surface area contributed by atoms with Crippen LogP contribution in [-0.2, 0) is 6.54 Å². The number of rotatable bonds is 4. The second kappa shape index (κ2) is 4.87. The van der Waals surface area contributed by atoms with Gasteiger partial charge in [-0.2, -0.15) is 0 Å². The van der Waals surface area contributed by atoms with E-state index in [0.717, 1.165) is 18.9 Å². The molecule has 0 atom stereocenters. The minimum absolute atomic E-state index is 0.728. The molecule has 0 fully saturated rings. The Morgan fingerprint density at radius 1 is 1.38 bits per heavy atom. The summed E-state index contributed by atoms with van der Waals surface area (Å²) in [4.78, 5) is 0. The zero-order valence-electron chi connectivity index (χ0n) is 8.55. The third kappa shape index (κ3) is 2.74.